The first-order valence-electron chi connectivity index (χ1n) is 5.49. The van der Waals surface area contributed by atoms with Gasteiger partial charge in [-0.15, -0.1) is 6.58 Å². The number of aromatic nitrogens is 1. The van der Waals surface area contributed by atoms with E-state index in [9.17, 15) is 0 Å². The molecule has 0 amide bonds. The second-order valence-corrected chi connectivity index (χ2v) is 3.93. The lowest BCUT2D eigenvalue weighted by molar-refractivity contribution is 0.635. The third-order valence-electron chi connectivity index (χ3n) is 2.72. The smallest absolute Gasteiger partial charge is 0.0346 e. The molecule has 2 nitrogen and oxygen atoms in total. The summed E-state index contributed by atoms with van der Waals surface area (Å²) < 4.78 is 0. The van der Waals surface area contributed by atoms with Gasteiger partial charge in [0.05, 0.1) is 0 Å². The molecular weight excluding hydrogens is 196 g/mol. The van der Waals surface area contributed by atoms with Crippen molar-refractivity contribution in [2.75, 3.05) is 0 Å². The van der Waals surface area contributed by atoms with Crippen LogP contribution in [0, 0.1) is 0 Å². The van der Waals surface area contributed by atoms with Gasteiger partial charge in [-0.2, -0.15) is 0 Å². The third kappa shape index (κ3) is 2.28. The Bertz CT molecular complexity index is 486. The van der Waals surface area contributed by atoms with E-state index in [0.29, 0.717) is 6.04 Å². The summed E-state index contributed by atoms with van der Waals surface area (Å²) in [6.07, 6.45) is 5.72. The van der Waals surface area contributed by atoms with Gasteiger partial charge in [0.15, 0.2) is 0 Å². The standard InChI is InChI=1S/C14H16N2/c1-3-11(2)16-10-13-9-15-8-12-6-4-5-7-14(12)13/h3-9,11,16H,1,10H2,2H3. The van der Waals surface area contributed by atoms with Gasteiger partial charge in [-0.1, -0.05) is 30.3 Å². The topological polar surface area (TPSA) is 24.9 Å². The van der Waals surface area contributed by atoms with Crippen molar-refractivity contribution < 1.29 is 0 Å². The van der Waals surface area contributed by atoms with E-state index in [2.05, 4.69) is 42.0 Å². The van der Waals surface area contributed by atoms with Crippen molar-refractivity contribution in [2.24, 2.45) is 0 Å². The Morgan fingerprint density at radius 1 is 1.38 bits per heavy atom. The van der Waals surface area contributed by atoms with Crippen molar-refractivity contribution in [2.45, 2.75) is 19.5 Å². The molecule has 1 heterocycles. The molecule has 2 rings (SSSR count). The summed E-state index contributed by atoms with van der Waals surface area (Å²) in [6, 6.07) is 8.63. The highest BCUT2D eigenvalue weighted by molar-refractivity contribution is 5.84. The summed E-state index contributed by atoms with van der Waals surface area (Å²) in [6.45, 7) is 6.67. The molecule has 1 N–H and O–H groups in total. The number of hydrogen-bond acceptors (Lipinski definition) is 2. The molecule has 1 aromatic heterocycles. The molecule has 0 aliphatic carbocycles. The highest BCUT2D eigenvalue weighted by atomic mass is 14.9. The van der Waals surface area contributed by atoms with Crippen LogP contribution in [0.4, 0.5) is 0 Å². The third-order valence-corrected chi connectivity index (χ3v) is 2.72. The molecule has 0 saturated carbocycles. The van der Waals surface area contributed by atoms with E-state index in [1.165, 1.54) is 16.3 Å². The molecule has 1 aromatic carbocycles. The van der Waals surface area contributed by atoms with E-state index in [4.69, 9.17) is 0 Å². The predicted octanol–water partition coefficient (Wildman–Crippen LogP) is 2.90. The molecule has 0 aliphatic heterocycles. The second kappa shape index (κ2) is 4.90. The highest BCUT2D eigenvalue weighted by Gasteiger charge is 2.01. The first-order chi connectivity index (χ1) is 7.81. The van der Waals surface area contributed by atoms with Gasteiger partial charge in [0, 0.05) is 30.4 Å². The number of hydrogen-bond donors (Lipinski definition) is 1. The zero-order chi connectivity index (χ0) is 11.4. The van der Waals surface area contributed by atoms with Gasteiger partial charge >= 0.3 is 0 Å². The molecule has 16 heavy (non-hydrogen) atoms. The van der Waals surface area contributed by atoms with Crippen molar-refractivity contribution in [3.63, 3.8) is 0 Å². The van der Waals surface area contributed by atoms with Crippen LogP contribution in [0.1, 0.15) is 12.5 Å². The van der Waals surface area contributed by atoms with Gasteiger partial charge in [-0.25, -0.2) is 0 Å². The summed E-state index contributed by atoms with van der Waals surface area (Å²) in [7, 11) is 0. The molecule has 0 bridgehead atoms. The summed E-state index contributed by atoms with van der Waals surface area (Å²) in [5.74, 6) is 0. The fourth-order valence-electron chi connectivity index (χ4n) is 1.67. The van der Waals surface area contributed by atoms with Crippen LogP contribution in [-0.2, 0) is 6.54 Å². The normalized spacial score (nSPS) is 12.6. The quantitative estimate of drug-likeness (QED) is 0.788. The average molecular weight is 212 g/mol. The van der Waals surface area contributed by atoms with Crippen LogP contribution in [0.2, 0.25) is 0 Å². The van der Waals surface area contributed by atoms with Crippen molar-refractivity contribution in [3.05, 3.63) is 54.9 Å². The Labute approximate surface area is 96.0 Å². The number of nitrogens with zero attached hydrogens (tertiary/aromatic N) is 1. The van der Waals surface area contributed by atoms with Crippen molar-refractivity contribution in [1.82, 2.24) is 10.3 Å². The Balaban J connectivity index is 2.27. The lowest BCUT2D eigenvalue weighted by atomic mass is 10.1. The molecule has 1 unspecified atom stereocenters. The fraction of sp³-hybridized carbons (Fsp3) is 0.214. The molecule has 82 valence electrons. The van der Waals surface area contributed by atoms with Crippen LogP contribution in [0.5, 0.6) is 0 Å². The minimum atomic E-state index is 0.318. The highest BCUT2D eigenvalue weighted by Crippen LogP contribution is 2.16. The summed E-state index contributed by atoms with van der Waals surface area (Å²) in [5.41, 5.74) is 1.23. The average Bonchev–Trinajstić information content (AvgIpc) is 2.35. The zero-order valence-electron chi connectivity index (χ0n) is 9.48. The maximum Gasteiger partial charge on any atom is 0.0346 e. The molecule has 0 saturated heterocycles. The first-order valence-corrected chi connectivity index (χ1v) is 5.49. The largest absolute Gasteiger partial charge is 0.307 e. The van der Waals surface area contributed by atoms with Crippen LogP contribution in [0.25, 0.3) is 10.8 Å². The maximum atomic E-state index is 4.25. The molecule has 0 aliphatic rings. The van der Waals surface area contributed by atoms with E-state index in [1.54, 1.807) is 0 Å². The van der Waals surface area contributed by atoms with E-state index in [0.717, 1.165) is 6.54 Å². The number of pyridine rings is 1. The monoisotopic (exact) mass is 212 g/mol. The van der Waals surface area contributed by atoms with Gasteiger partial charge in [-0.3, -0.25) is 4.98 Å². The van der Waals surface area contributed by atoms with Crippen molar-refractivity contribution in [3.8, 4) is 0 Å². The molecule has 0 radical (unpaired) electrons. The SMILES string of the molecule is C=CC(C)NCc1cncc2ccccc12. The van der Waals surface area contributed by atoms with Crippen LogP contribution in [0.3, 0.4) is 0 Å². The lowest BCUT2D eigenvalue weighted by Crippen LogP contribution is -2.23. The fourth-order valence-corrected chi connectivity index (χ4v) is 1.67. The van der Waals surface area contributed by atoms with Crippen molar-refractivity contribution in [1.29, 1.82) is 0 Å². The molecule has 2 aromatic rings. The van der Waals surface area contributed by atoms with Crippen LogP contribution in [-0.4, -0.2) is 11.0 Å². The maximum absolute atomic E-state index is 4.25. The molecular formula is C14H16N2. The van der Waals surface area contributed by atoms with Gasteiger partial charge in [0.1, 0.15) is 0 Å². The number of nitrogens with one attached hydrogen (secondary N) is 1. The van der Waals surface area contributed by atoms with E-state index in [-0.39, 0.29) is 0 Å². The zero-order valence-corrected chi connectivity index (χ0v) is 9.48. The predicted molar refractivity (Wildman–Crippen MR) is 68.2 cm³/mol. The number of benzene rings is 1. The summed E-state index contributed by atoms with van der Waals surface area (Å²) in [4.78, 5) is 4.25. The van der Waals surface area contributed by atoms with Gasteiger partial charge in [0.2, 0.25) is 0 Å². The summed E-state index contributed by atoms with van der Waals surface area (Å²) >= 11 is 0. The minimum absolute atomic E-state index is 0.318. The van der Waals surface area contributed by atoms with Crippen LogP contribution < -0.4 is 5.32 Å². The molecule has 0 fully saturated rings. The minimum Gasteiger partial charge on any atom is -0.307 e. The number of rotatable bonds is 4. The Morgan fingerprint density at radius 3 is 3.00 bits per heavy atom. The van der Waals surface area contributed by atoms with Crippen LogP contribution in [0.15, 0.2) is 49.3 Å². The van der Waals surface area contributed by atoms with Gasteiger partial charge < -0.3 is 5.32 Å². The lowest BCUT2D eigenvalue weighted by Gasteiger charge is -2.10. The second-order valence-electron chi connectivity index (χ2n) is 3.93. The Kier molecular flexibility index (Phi) is 3.32. The Morgan fingerprint density at radius 2 is 2.19 bits per heavy atom. The number of fused-ring (bicyclic) bond motifs is 1. The van der Waals surface area contributed by atoms with Gasteiger partial charge in [0.25, 0.3) is 0 Å². The van der Waals surface area contributed by atoms with E-state index >= 15 is 0 Å². The van der Waals surface area contributed by atoms with Crippen LogP contribution >= 0.6 is 0 Å². The van der Waals surface area contributed by atoms with E-state index in [1.807, 2.05) is 24.5 Å². The summed E-state index contributed by atoms with van der Waals surface area (Å²) in [5, 5.41) is 5.84. The molecule has 0 spiro atoms. The van der Waals surface area contributed by atoms with Crippen molar-refractivity contribution >= 4 is 10.8 Å². The molecule has 2 heteroatoms. The molecule has 1 atom stereocenters. The van der Waals surface area contributed by atoms with Gasteiger partial charge in [-0.05, 0) is 17.9 Å². The first kappa shape index (κ1) is 10.8. The Hall–Kier alpha value is -1.67. The van der Waals surface area contributed by atoms with E-state index < -0.39 is 0 Å².